The van der Waals surface area contributed by atoms with Crippen LogP contribution in [0.5, 0.6) is 0 Å². The van der Waals surface area contributed by atoms with Gasteiger partial charge < -0.3 is 10.2 Å². The lowest BCUT2D eigenvalue weighted by atomic mass is 9.53. The van der Waals surface area contributed by atoms with E-state index in [0.29, 0.717) is 6.04 Å². The molecule has 0 aromatic rings. The molecule has 5 saturated carbocycles. The molecule has 0 heterocycles. The van der Waals surface area contributed by atoms with E-state index in [1.165, 1.54) is 57.8 Å². The monoisotopic (exact) mass is 341 g/mol. The smallest absolute Gasteiger partial charge is 0.265 e. The number of likely N-dealkylation sites (N-methyl/N-ethyl adjacent to an activating group) is 1. The van der Waals surface area contributed by atoms with Crippen molar-refractivity contribution in [2.24, 2.45) is 17.8 Å². The number of amides is 1. The first-order valence-corrected chi connectivity index (χ1v) is 10.2. The first-order chi connectivity index (χ1) is 12.1. The van der Waals surface area contributed by atoms with Crippen LogP contribution < -0.4 is 5.32 Å². The molecule has 0 saturated heterocycles. The number of nitriles is 1. The van der Waals surface area contributed by atoms with Crippen molar-refractivity contribution in [3.8, 4) is 6.07 Å². The number of rotatable bonds is 4. The van der Waals surface area contributed by atoms with Crippen LogP contribution in [-0.4, -0.2) is 29.4 Å². The average molecular weight is 341 g/mol. The molecule has 5 aliphatic carbocycles. The molecular formula is C21H31N3O. The maximum Gasteiger partial charge on any atom is 0.265 e. The molecule has 4 heteroatoms. The van der Waals surface area contributed by atoms with Crippen LogP contribution in [0.4, 0.5) is 0 Å². The summed E-state index contributed by atoms with van der Waals surface area (Å²) in [5, 5.41) is 13.1. The fraction of sp³-hybridized carbons (Fsp3) is 0.810. The van der Waals surface area contributed by atoms with Gasteiger partial charge in [0.1, 0.15) is 11.6 Å². The lowest BCUT2D eigenvalue weighted by molar-refractivity contribution is -0.128. The third-order valence-electron chi connectivity index (χ3n) is 7.35. The summed E-state index contributed by atoms with van der Waals surface area (Å²) in [5.74, 6) is 2.47. The minimum atomic E-state index is -0.105. The molecule has 0 unspecified atom stereocenters. The third kappa shape index (κ3) is 3.30. The molecule has 0 aliphatic heterocycles. The van der Waals surface area contributed by atoms with Gasteiger partial charge in [-0.05, 0) is 69.1 Å². The van der Waals surface area contributed by atoms with E-state index in [1.54, 1.807) is 6.20 Å². The van der Waals surface area contributed by atoms with Crippen molar-refractivity contribution in [2.45, 2.75) is 82.2 Å². The summed E-state index contributed by atoms with van der Waals surface area (Å²) in [4.78, 5) is 14.6. The van der Waals surface area contributed by atoms with E-state index in [1.807, 2.05) is 11.9 Å². The molecule has 0 atom stereocenters. The molecular weight excluding hydrogens is 310 g/mol. The van der Waals surface area contributed by atoms with Crippen LogP contribution in [0.15, 0.2) is 11.8 Å². The topological polar surface area (TPSA) is 56.1 Å². The average Bonchev–Trinajstić information content (AvgIpc) is 2.61. The highest BCUT2D eigenvalue weighted by Gasteiger charge is 2.50. The molecule has 0 aromatic carbocycles. The second kappa shape index (κ2) is 6.67. The van der Waals surface area contributed by atoms with Crippen molar-refractivity contribution in [3.63, 3.8) is 0 Å². The van der Waals surface area contributed by atoms with Gasteiger partial charge in [0.2, 0.25) is 0 Å². The molecule has 0 spiro atoms. The standard InChI is InChI=1S/C21H31N3O/c1-24(19-5-3-2-4-6-19)20(25)18(13-22)14-23-21-10-15-7-16(11-21)9-17(8-15)12-21/h14-17,19,23H,2-12H2,1H3/b18-14-. The van der Waals surface area contributed by atoms with Crippen molar-refractivity contribution in [1.29, 1.82) is 5.26 Å². The number of carbonyl (C=O) groups excluding carboxylic acids is 1. The quantitative estimate of drug-likeness (QED) is 0.626. The highest BCUT2D eigenvalue weighted by molar-refractivity contribution is 5.97. The molecule has 5 rings (SSSR count). The van der Waals surface area contributed by atoms with Crippen LogP contribution in [0.1, 0.15) is 70.6 Å². The number of hydrogen-bond donors (Lipinski definition) is 1. The van der Waals surface area contributed by atoms with Gasteiger partial charge in [0.05, 0.1) is 0 Å². The van der Waals surface area contributed by atoms with Crippen LogP contribution >= 0.6 is 0 Å². The first kappa shape index (κ1) is 16.9. The van der Waals surface area contributed by atoms with Crippen molar-refractivity contribution < 1.29 is 4.79 Å². The minimum absolute atomic E-state index is 0.105. The second-order valence-electron chi connectivity index (χ2n) is 9.22. The molecule has 4 nitrogen and oxygen atoms in total. The molecule has 0 aromatic heterocycles. The second-order valence-corrected chi connectivity index (χ2v) is 9.22. The van der Waals surface area contributed by atoms with Crippen LogP contribution in [0.2, 0.25) is 0 Å². The maximum absolute atomic E-state index is 12.8. The van der Waals surface area contributed by atoms with Crippen LogP contribution in [0.3, 0.4) is 0 Å². The van der Waals surface area contributed by atoms with E-state index in [-0.39, 0.29) is 17.0 Å². The molecule has 5 aliphatic rings. The van der Waals surface area contributed by atoms with Gasteiger partial charge in [-0.3, -0.25) is 4.79 Å². The van der Waals surface area contributed by atoms with Gasteiger partial charge in [-0.1, -0.05) is 19.3 Å². The molecule has 25 heavy (non-hydrogen) atoms. The Bertz CT molecular complexity index is 561. The zero-order valence-corrected chi connectivity index (χ0v) is 15.5. The summed E-state index contributed by atoms with van der Waals surface area (Å²) in [6.45, 7) is 0. The highest BCUT2D eigenvalue weighted by atomic mass is 16.2. The van der Waals surface area contributed by atoms with Crippen molar-refractivity contribution in [2.75, 3.05) is 7.05 Å². The van der Waals surface area contributed by atoms with Gasteiger partial charge in [0, 0.05) is 24.8 Å². The van der Waals surface area contributed by atoms with Gasteiger partial charge >= 0.3 is 0 Å². The molecule has 5 fully saturated rings. The molecule has 4 bridgehead atoms. The van der Waals surface area contributed by atoms with E-state index in [9.17, 15) is 10.1 Å². The summed E-state index contributed by atoms with van der Waals surface area (Å²) in [6.07, 6.45) is 15.4. The Labute approximate surface area is 151 Å². The number of carbonyl (C=O) groups is 1. The Morgan fingerprint density at radius 1 is 1.08 bits per heavy atom. The van der Waals surface area contributed by atoms with Crippen LogP contribution in [-0.2, 0) is 4.79 Å². The summed E-state index contributed by atoms with van der Waals surface area (Å²) in [7, 11) is 1.87. The molecule has 0 radical (unpaired) electrons. The van der Waals surface area contributed by atoms with E-state index in [2.05, 4.69) is 11.4 Å². The van der Waals surface area contributed by atoms with Gasteiger partial charge in [-0.2, -0.15) is 5.26 Å². The largest absolute Gasteiger partial charge is 0.384 e. The van der Waals surface area contributed by atoms with Gasteiger partial charge in [-0.25, -0.2) is 0 Å². The van der Waals surface area contributed by atoms with Gasteiger partial charge in [0.15, 0.2) is 0 Å². The Kier molecular flexibility index (Phi) is 4.52. The van der Waals surface area contributed by atoms with E-state index >= 15 is 0 Å². The SMILES string of the molecule is CN(C(=O)/C(C#N)=C\NC12CC3CC(CC(C3)C1)C2)C1CCCCC1. The Hall–Kier alpha value is -1.50. The fourth-order valence-corrected chi connectivity index (χ4v) is 6.48. The minimum Gasteiger partial charge on any atom is -0.384 e. The highest BCUT2D eigenvalue weighted by Crippen LogP contribution is 2.55. The number of nitrogens with zero attached hydrogens (tertiary/aromatic N) is 2. The Morgan fingerprint density at radius 3 is 2.16 bits per heavy atom. The normalized spacial score (nSPS) is 37.6. The number of nitrogens with one attached hydrogen (secondary N) is 1. The number of hydrogen-bond acceptors (Lipinski definition) is 3. The summed E-state index contributed by atoms with van der Waals surface area (Å²) in [5.41, 5.74) is 0.435. The molecule has 1 amide bonds. The predicted octanol–water partition coefficient (Wildman–Crippen LogP) is 3.74. The third-order valence-corrected chi connectivity index (χ3v) is 7.35. The van der Waals surface area contributed by atoms with Gasteiger partial charge in [-0.15, -0.1) is 0 Å². The Morgan fingerprint density at radius 2 is 1.64 bits per heavy atom. The summed E-state index contributed by atoms with van der Waals surface area (Å²) < 4.78 is 0. The van der Waals surface area contributed by atoms with Crippen molar-refractivity contribution in [1.82, 2.24) is 10.2 Å². The maximum atomic E-state index is 12.8. The van der Waals surface area contributed by atoms with Gasteiger partial charge in [0.25, 0.3) is 5.91 Å². The summed E-state index contributed by atoms with van der Waals surface area (Å²) in [6, 6.07) is 2.47. The van der Waals surface area contributed by atoms with E-state index < -0.39 is 0 Å². The van der Waals surface area contributed by atoms with E-state index in [0.717, 1.165) is 30.6 Å². The summed E-state index contributed by atoms with van der Waals surface area (Å²) >= 11 is 0. The van der Waals surface area contributed by atoms with E-state index in [4.69, 9.17) is 0 Å². The van der Waals surface area contributed by atoms with Crippen molar-refractivity contribution in [3.05, 3.63) is 11.8 Å². The lowest BCUT2D eigenvalue weighted by Crippen LogP contribution is -2.57. The first-order valence-electron chi connectivity index (χ1n) is 10.2. The van der Waals surface area contributed by atoms with Crippen LogP contribution in [0.25, 0.3) is 0 Å². The zero-order valence-electron chi connectivity index (χ0n) is 15.5. The molecule has 136 valence electrons. The zero-order chi connectivity index (χ0) is 17.4. The predicted molar refractivity (Wildman–Crippen MR) is 97.4 cm³/mol. The fourth-order valence-electron chi connectivity index (χ4n) is 6.48. The lowest BCUT2D eigenvalue weighted by Gasteiger charge is -2.57. The Balaban J connectivity index is 1.44. The van der Waals surface area contributed by atoms with Crippen LogP contribution in [0, 0.1) is 29.1 Å². The molecule has 1 N–H and O–H groups in total. The van der Waals surface area contributed by atoms with Crippen molar-refractivity contribution >= 4 is 5.91 Å².